The Hall–Kier alpha value is -5.09. The zero-order chi connectivity index (χ0) is 41.3. The molecule has 2 aliphatic rings. The summed E-state index contributed by atoms with van der Waals surface area (Å²) in [5.74, 6) is 2.67. The van der Waals surface area contributed by atoms with Crippen molar-refractivity contribution in [1.82, 2.24) is 15.2 Å². The number of benzene rings is 4. The highest BCUT2D eigenvalue weighted by Crippen LogP contribution is 2.41. The normalized spacial score (nSPS) is 16.4. The summed E-state index contributed by atoms with van der Waals surface area (Å²) in [6.45, 7) is 12.6. The fourth-order valence-electron chi connectivity index (χ4n) is 7.84. The lowest BCUT2D eigenvalue weighted by atomic mass is 9.88. The smallest absolute Gasteiger partial charge is 0.290 e. The third kappa shape index (κ3) is 10.1. The van der Waals surface area contributed by atoms with Gasteiger partial charge in [0, 0.05) is 31.0 Å². The van der Waals surface area contributed by atoms with Crippen molar-refractivity contribution in [3.8, 4) is 28.4 Å². The molecule has 3 atom stereocenters. The molecule has 5 aromatic rings. The molecule has 3 unspecified atom stereocenters. The van der Waals surface area contributed by atoms with Crippen LogP contribution in [0, 0.1) is 19.8 Å². The first-order chi connectivity index (χ1) is 28.0. The Morgan fingerprint density at radius 2 is 1.67 bits per heavy atom. The van der Waals surface area contributed by atoms with Crippen LogP contribution in [0.5, 0.6) is 17.2 Å². The molecule has 9 nitrogen and oxygen atoms in total. The highest BCUT2D eigenvalue weighted by Gasteiger charge is 2.37. The Kier molecular flexibility index (Phi) is 14.3. The van der Waals surface area contributed by atoms with Gasteiger partial charge in [-0.2, -0.15) is 0 Å². The van der Waals surface area contributed by atoms with E-state index in [1.165, 1.54) is 27.8 Å². The second kappa shape index (κ2) is 19.6. The molecule has 11 heteroatoms. The van der Waals surface area contributed by atoms with Gasteiger partial charge in [-0.15, -0.1) is 0 Å². The van der Waals surface area contributed by atoms with Crippen molar-refractivity contribution in [2.45, 2.75) is 85.2 Å². The molecule has 0 spiro atoms. The molecule has 1 aromatic heterocycles. The molecule has 0 fully saturated rings. The summed E-state index contributed by atoms with van der Waals surface area (Å²) >= 11 is 12.2. The molecule has 304 valence electrons. The summed E-state index contributed by atoms with van der Waals surface area (Å²) in [5.41, 5.74) is 10.1. The van der Waals surface area contributed by atoms with Crippen molar-refractivity contribution in [3.05, 3.63) is 140 Å². The van der Waals surface area contributed by atoms with Gasteiger partial charge in [0.25, 0.3) is 6.47 Å². The van der Waals surface area contributed by atoms with Crippen molar-refractivity contribution in [2.75, 3.05) is 13.2 Å². The second-order valence-corrected chi connectivity index (χ2v) is 15.9. The van der Waals surface area contributed by atoms with Gasteiger partial charge < -0.3 is 24.6 Å². The summed E-state index contributed by atoms with van der Waals surface area (Å²) in [6, 6.07) is 28.3. The van der Waals surface area contributed by atoms with Gasteiger partial charge >= 0.3 is 0 Å². The highest BCUT2D eigenvalue weighted by atomic mass is 35.5. The number of pyridine rings is 1. The molecule has 0 aliphatic carbocycles. The van der Waals surface area contributed by atoms with Gasteiger partial charge in [0.1, 0.15) is 19.0 Å². The number of hydrogen-bond donors (Lipinski definition) is 2. The quantitative estimate of drug-likeness (QED) is 0.120. The summed E-state index contributed by atoms with van der Waals surface area (Å²) in [4.78, 5) is 29.1. The van der Waals surface area contributed by atoms with E-state index in [2.05, 4.69) is 85.4 Å². The number of carboxylic acid groups (broad SMARTS) is 1. The Morgan fingerprint density at radius 1 is 0.966 bits per heavy atom. The number of carbonyl (C=O) groups is 2. The monoisotopic (exact) mass is 823 g/mol. The van der Waals surface area contributed by atoms with Crippen LogP contribution in [0.1, 0.15) is 72.4 Å². The van der Waals surface area contributed by atoms with Gasteiger partial charge in [-0.3, -0.25) is 19.5 Å². The van der Waals surface area contributed by atoms with Crippen molar-refractivity contribution in [3.63, 3.8) is 0 Å². The number of aryl methyl sites for hydroxylation is 1. The lowest BCUT2D eigenvalue weighted by Crippen LogP contribution is -2.55. The van der Waals surface area contributed by atoms with Gasteiger partial charge in [0.2, 0.25) is 5.91 Å². The topological polar surface area (TPSA) is 110 Å². The van der Waals surface area contributed by atoms with E-state index < -0.39 is 0 Å². The lowest BCUT2D eigenvalue weighted by molar-refractivity contribution is -0.128. The van der Waals surface area contributed by atoms with Crippen LogP contribution in [0.4, 0.5) is 0 Å². The largest absolute Gasteiger partial charge is 0.489 e. The van der Waals surface area contributed by atoms with E-state index in [4.69, 9.17) is 47.3 Å². The Labute approximate surface area is 351 Å². The minimum Gasteiger partial charge on any atom is -0.489 e. The number of amides is 1. The van der Waals surface area contributed by atoms with Crippen LogP contribution in [-0.4, -0.2) is 52.6 Å². The average molecular weight is 825 g/mol. The number of aromatic nitrogens is 1. The molecular formula is C47H51Cl2N3O6. The van der Waals surface area contributed by atoms with E-state index in [0.29, 0.717) is 48.7 Å². The van der Waals surface area contributed by atoms with E-state index >= 15 is 0 Å². The number of carbonyl (C=O) groups excluding carboxylic acids is 1. The number of ether oxygens (including phenoxy) is 3. The maximum atomic E-state index is 14.0. The minimum absolute atomic E-state index is 0.0728. The van der Waals surface area contributed by atoms with Gasteiger partial charge in [0.15, 0.2) is 17.6 Å². The molecule has 0 saturated heterocycles. The molecule has 0 bridgehead atoms. The SMILES string of the molecule is CCC(C(C)C)N1Cc2cc3c(cc2CC1C(=O)NCCc1ccc(-c2ccnc(C)c2C)cc1)OCC(c1ccc(OCc2ccc(Cl)c(Cl)c2)cc1)O3.O=CO. The van der Waals surface area contributed by atoms with Crippen LogP contribution in [-0.2, 0) is 35.6 Å². The lowest BCUT2D eigenvalue weighted by Gasteiger charge is -2.43. The number of rotatable bonds is 12. The van der Waals surface area contributed by atoms with E-state index in [-0.39, 0.29) is 30.6 Å². The molecule has 1 amide bonds. The number of nitrogens with one attached hydrogen (secondary N) is 1. The number of hydrogen-bond acceptors (Lipinski definition) is 7. The van der Waals surface area contributed by atoms with E-state index in [9.17, 15) is 4.79 Å². The summed E-state index contributed by atoms with van der Waals surface area (Å²) in [7, 11) is 0. The highest BCUT2D eigenvalue weighted by molar-refractivity contribution is 6.42. The van der Waals surface area contributed by atoms with Crippen LogP contribution >= 0.6 is 23.2 Å². The van der Waals surface area contributed by atoms with Gasteiger partial charge in [-0.05, 0) is 126 Å². The molecule has 2 aliphatic heterocycles. The average Bonchev–Trinajstić information content (AvgIpc) is 3.22. The zero-order valence-electron chi connectivity index (χ0n) is 33.6. The van der Waals surface area contributed by atoms with Crippen LogP contribution in [0.25, 0.3) is 11.1 Å². The molecule has 58 heavy (non-hydrogen) atoms. The molecule has 0 saturated carbocycles. The first-order valence-electron chi connectivity index (χ1n) is 19.7. The van der Waals surface area contributed by atoms with Crippen LogP contribution in [0.2, 0.25) is 10.0 Å². The fourth-order valence-corrected chi connectivity index (χ4v) is 8.16. The van der Waals surface area contributed by atoms with Gasteiger partial charge in [-0.25, -0.2) is 0 Å². The standard InChI is InChI=1S/C46H49Cl2N3O4.CH2O2/c1-6-41(28(2)3)51-25-36-24-44-43(54-27-45(55-44)34-12-14-37(15-13-34)53-26-32-9-16-39(47)40(48)21-32)23-35(36)22-42(51)46(52)50-19-17-31-7-10-33(11-8-31)38-18-20-49-30(5)29(38)4;2-1-3/h7-16,18,20-21,23-24,28,41-42,45H,6,17,19,22,25-27H2,1-5H3,(H,50,52);1H,(H,2,3). The second-order valence-electron chi connectivity index (χ2n) is 15.1. The van der Waals surface area contributed by atoms with E-state index in [1.54, 1.807) is 6.07 Å². The molecule has 2 N–H and O–H groups in total. The minimum atomic E-state index is -0.271. The number of halogens is 2. The van der Waals surface area contributed by atoms with Crippen molar-refractivity contribution in [2.24, 2.45) is 5.92 Å². The molecular weight excluding hydrogens is 773 g/mol. The maximum Gasteiger partial charge on any atom is 0.290 e. The van der Waals surface area contributed by atoms with Crippen molar-refractivity contribution < 1.29 is 28.9 Å². The van der Waals surface area contributed by atoms with Crippen LogP contribution < -0.4 is 19.5 Å². The summed E-state index contributed by atoms with van der Waals surface area (Å²) in [5, 5.41) is 11.2. The van der Waals surface area contributed by atoms with Crippen molar-refractivity contribution >= 4 is 35.6 Å². The first-order valence-corrected chi connectivity index (χ1v) is 20.5. The van der Waals surface area contributed by atoms with Gasteiger partial charge in [-0.1, -0.05) is 86.4 Å². The molecule has 7 rings (SSSR count). The Morgan fingerprint density at radius 3 is 2.36 bits per heavy atom. The summed E-state index contributed by atoms with van der Waals surface area (Å²) in [6.07, 6.45) is 3.95. The maximum absolute atomic E-state index is 14.0. The first kappa shape index (κ1) is 42.5. The Bertz CT molecular complexity index is 2190. The fraction of sp³-hybridized carbons (Fsp3) is 0.340. The molecule has 4 aromatic carbocycles. The Balaban J connectivity index is 0.00000183. The number of nitrogens with zero attached hydrogens (tertiary/aromatic N) is 2. The predicted molar refractivity (Wildman–Crippen MR) is 229 cm³/mol. The summed E-state index contributed by atoms with van der Waals surface area (Å²) < 4.78 is 18.9. The predicted octanol–water partition coefficient (Wildman–Crippen LogP) is 9.98. The van der Waals surface area contributed by atoms with E-state index in [0.717, 1.165) is 52.5 Å². The van der Waals surface area contributed by atoms with E-state index in [1.807, 2.05) is 49.5 Å². The molecule has 3 heterocycles. The van der Waals surface area contributed by atoms with Gasteiger partial charge in [0.05, 0.1) is 16.1 Å². The van der Waals surface area contributed by atoms with Crippen molar-refractivity contribution in [1.29, 1.82) is 0 Å². The third-order valence-corrected chi connectivity index (χ3v) is 11.8. The molecule has 0 radical (unpaired) electrons. The van der Waals surface area contributed by atoms with Crippen LogP contribution in [0.3, 0.4) is 0 Å². The number of fused-ring (bicyclic) bond motifs is 2. The van der Waals surface area contributed by atoms with Crippen LogP contribution in [0.15, 0.2) is 91.1 Å². The zero-order valence-corrected chi connectivity index (χ0v) is 35.1. The third-order valence-electron chi connectivity index (χ3n) is 11.1.